The van der Waals surface area contributed by atoms with E-state index in [0.29, 0.717) is 0 Å². The van der Waals surface area contributed by atoms with Gasteiger partial charge in [0.2, 0.25) is 0 Å². The third kappa shape index (κ3) is 1.85. The number of nitrogens with zero attached hydrogens (tertiary/aromatic N) is 2. The molecule has 2 heterocycles. The largest absolute Gasteiger partial charge is 0.337 e. The van der Waals surface area contributed by atoms with E-state index < -0.39 is 0 Å². The molecule has 0 atom stereocenters. The smallest absolute Gasteiger partial charge is 0.157 e. The fraction of sp³-hybridized carbons (Fsp3) is 0.0769. The van der Waals surface area contributed by atoms with Crippen LogP contribution < -0.4 is 0 Å². The zero-order chi connectivity index (χ0) is 11.8. The van der Waals surface area contributed by atoms with Gasteiger partial charge in [0.15, 0.2) is 5.82 Å². The number of imidazole rings is 1. The number of aromatic nitrogens is 3. The van der Waals surface area contributed by atoms with Gasteiger partial charge >= 0.3 is 0 Å². The number of pyridine rings is 1. The monoisotopic (exact) mass is 287 g/mol. The Balaban J connectivity index is 2.18. The molecule has 0 amide bonds. The first-order chi connectivity index (χ1) is 8.24. The van der Waals surface area contributed by atoms with Crippen LogP contribution >= 0.6 is 15.9 Å². The number of fused-ring (bicyclic) bond motifs is 1. The molecule has 84 valence electrons. The molecule has 0 saturated heterocycles. The number of hydrogen-bond acceptors (Lipinski definition) is 2. The summed E-state index contributed by atoms with van der Waals surface area (Å²) in [7, 11) is 0. The van der Waals surface area contributed by atoms with E-state index in [1.54, 1.807) is 6.20 Å². The van der Waals surface area contributed by atoms with Gasteiger partial charge in [-0.2, -0.15) is 0 Å². The summed E-state index contributed by atoms with van der Waals surface area (Å²) in [6, 6.07) is 10.0. The molecule has 0 spiro atoms. The molecule has 0 bridgehead atoms. The van der Waals surface area contributed by atoms with Crippen LogP contribution in [0.4, 0.5) is 0 Å². The van der Waals surface area contributed by atoms with E-state index in [1.807, 2.05) is 24.3 Å². The summed E-state index contributed by atoms with van der Waals surface area (Å²) in [5.41, 5.74) is 4.07. The number of rotatable bonds is 1. The number of para-hydroxylation sites is 1. The molecule has 0 unspecified atom stereocenters. The van der Waals surface area contributed by atoms with Gasteiger partial charge in [-0.25, -0.2) is 4.98 Å². The summed E-state index contributed by atoms with van der Waals surface area (Å²) in [5, 5.41) is 0. The second-order valence-corrected chi connectivity index (χ2v) is 4.83. The summed E-state index contributed by atoms with van der Waals surface area (Å²) in [6.07, 6.45) is 1.77. The van der Waals surface area contributed by atoms with Crippen LogP contribution in [0.2, 0.25) is 0 Å². The molecular formula is C13H10BrN3. The first kappa shape index (κ1) is 10.5. The van der Waals surface area contributed by atoms with Crippen molar-refractivity contribution in [3.05, 3.63) is 46.6 Å². The van der Waals surface area contributed by atoms with Crippen LogP contribution in [-0.4, -0.2) is 15.0 Å². The van der Waals surface area contributed by atoms with E-state index in [1.165, 1.54) is 5.56 Å². The van der Waals surface area contributed by atoms with Gasteiger partial charge in [0.05, 0.1) is 11.0 Å². The normalized spacial score (nSPS) is 10.9. The van der Waals surface area contributed by atoms with E-state index in [9.17, 15) is 0 Å². The molecular weight excluding hydrogens is 278 g/mol. The van der Waals surface area contributed by atoms with E-state index in [2.05, 4.69) is 43.9 Å². The Morgan fingerprint density at radius 3 is 2.76 bits per heavy atom. The number of hydrogen-bond donors (Lipinski definition) is 1. The highest BCUT2D eigenvalue weighted by molar-refractivity contribution is 9.10. The number of aryl methyl sites for hydroxylation is 1. The van der Waals surface area contributed by atoms with Crippen molar-refractivity contribution in [3.8, 4) is 11.5 Å². The molecule has 0 aliphatic carbocycles. The Morgan fingerprint density at radius 2 is 2.06 bits per heavy atom. The summed E-state index contributed by atoms with van der Waals surface area (Å²) < 4.78 is 0.966. The molecule has 1 N–H and O–H groups in total. The van der Waals surface area contributed by atoms with Crippen LogP contribution in [-0.2, 0) is 0 Å². The summed E-state index contributed by atoms with van der Waals surface area (Å²) in [5.74, 6) is 0.807. The summed E-state index contributed by atoms with van der Waals surface area (Å²) >= 11 is 3.37. The maximum atomic E-state index is 4.58. The van der Waals surface area contributed by atoms with Gasteiger partial charge in [0.25, 0.3) is 0 Å². The Hall–Kier alpha value is -1.68. The van der Waals surface area contributed by atoms with E-state index in [-0.39, 0.29) is 0 Å². The maximum absolute atomic E-state index is 4.58. The molecule has 0 saturated carbocycles. The molecule has 3 rings (SSSR count). The van der Waals surface area contributed by atoms with Crippen LogP contribution in [0.5, 0.6) is 0 Å². The van der Waals surface area contributed by atoms with Crippen LogP contribution in [0.15, 0.2) is 41.0 Å². The quantitative estimate of drug-likeness (QED) is 0.742. The zero-order valence-corrected chi connectivity index (χ0v) is 10.8. The number of H-pyrrole nitrogens is 1. The minimum absolute atomic E-state index is 0.807. The molecule has 1 aromatic carbocycles. The van der Waals surface area contributed by atoms with E-state index in [4.69, 9.17) is 0 Å². The topological polar surface area (TPSA) is 41.6 Å². The van der Waals surface area contributed by atoms with Crippen molar-refractivity contribution in [1.82, 2.24) is 15.0 Å². The lowest BCUT2D eigenvalue weighted by Gasteiger charge is -1.94. The van der Waals surface area contributed by atoms with Gasteiger partial charge in [0, 0.05) is 10.7 Å². The van der Waals surface area contributed by atoms with Crippen molar-refractivity contribution in [3.63, 3.8) is 0 Å². The highest BCUT2D eigenvalue weighted by Crippen LogP contribution is 2.21. The van der Waals surface area contributed by atoms with Crippen molar-refractivity contribution in [2.75, 3.05) is 0 Å². The van der Waals surface area contributed by atoms with Crippen molar-refractivity contribution < 1.29 is 0 Å². The predicted octanol–water partition coefficient (Wildman–Crippen LogP) is 3.70. The molecule has 0 radical (unpaired) electrons. The average Bonchev–Trinajstić information content (AvgIpc) is 2.75. The highest BCUT2D eigenvalue weighted by atomic mass is 79.9. The minimum Gasteiger partial charge on any atom is -0.337 e. The zero-order valence-electron chi connectivity index (χ0n) is 9.24. The van der Waals surface area contributed by atoms with Crippen LogP contribution in [0, 0.1) is 6.92 Å². The highest BCUT2D eigenvalue weighted by Gasteiger charge is 2.07. The second-order valence-electron chi connectivity index (χ2n) is 3.92. The maximum Gasteiger partial charge on any atom is 0.157 e. The van der Waals surface area contributed by atoms with Gasteiger partial charge in [0.1, 0.15) is 5.69 Å². The fourth-order valence-corrected chi connectivity index (χ4v) is 2.05. The third-order valence-corrected chi connectivity index (χ3v) is 3.15. The lowest BCUT2D eigenvalue weighted by Crippen LogP contribution is -1.84. The molecule has 3 nitrogen and oxygen atoms in total. The molecule has 0 aliphatic rings. The van der Waals surface area contributed by atoms with Crippen molar-refractivity contribution in [2.45, 2.75) is 6.92 Å². The molecule has 0 aliphatic heterocycles. The number of benzene rings is 1. The van der Waals surface area contributed by atoms with Gasteiger partial charge in [-0.15, -0.1) is 0 Å². The van der Waals surface area contributed by atoms with E-state index >= 15 is 0 Å². The molecule has 0 fully saturated rings. The van der Waals surface area contributed by atoms with E-state index in [0.717, 1.165) is 27.0 Å². The van der Waals surface area contributed by atoms with Gasteiger partial charge < -0.3 is 4.98 Å². The molecule has 4 heteroatoms. The summed E-state index contributed by atoms with van der Waals surface area (Å²) in [4.78, 5) is 12.2. The molecule has 3 aromatic rings. The first-order valence-corrected chi connectivity index (χ1v) is 6.10. The Labute approximate surface area is 107 Å². The number of halogens is 1. The molecule has 17 heavy (non-hydrogen) atoms. The van der Waals surface area contributed by atoms with Crippen LogP contribution in [0.1, 0.15) is 5.56 Å². The Bertz CT molecular complexity index is 671. The van der Waals surface area contributed by atoms with Crippen molar-refractivity contribution in [2.24, 2.45) is 0 Å². The van der Waals surface area contributed by atoms with Crippen LogP contribution in [0.25, 0.3) is 22.6 Å². The number of nitrogens with one attached hydrogen (secondary N) is 1. The van der Waals surface area contributed by atoms with Gasteiger partial charge in [-0.3, -0.25) is 4.98 Å². The number of aromatic amines is 1. The minimum atomic E-state index is 0.807. The standard InChI is InChI=1S/C13H10BrN3/c1-8-3-2-4-10-12(8)17-13(16-10)11-6-5-9(14)7-15-11/h2-7H,1H3,(H,16,17). The second kappa shape index (κ2) is 3.96. The Kier molecular flexibility index (Phi) is 2.44. The van der Waals surface area contributed by atoms with Gasteiger partial charge in [-0.05, 0) is 46.6 Å². The van der Waals surface area contributed by atoms with Crippen molar-refractivity contribution >= 4 is 27.0 Å². The fourth-order valence-electron chi connectivity index (χ4n) is 1.81. The summed E-state index contributed by atoms with van der Waals surface area (Å²) in [6.45, 7) is 2.06. The third-order valence-electron chi connectivity index (χ3n) is 2.68. The lowest BCUT2D eigenvalue weighted by atomic mass is 10.2. The first-order valence-electron chi connectivity index (χ1n) is 5.31. The predicted molar refractivity (Wildman–Crippen MR) is 71.8 cm³/mol. The average molecular weight is 288 g/mol. The SMILES string of the molecule is Cc1cccc2[nH]c(-c3ccc(Br)cn3)nc12. The lowest BCUT2D eigenvalue weighted by molar-refractivity contribution is 1.23. The van der Waals surface area contributed by atoms with Gasteiger partial charge in [-0.1, -0.05) is 12.1 Å². The van der Waals surface area contributed by atoms with Crippen molar-refractivity contribution in [1.29, 1.82) is 0 Å². The van der Waals surface area contributed by atoms with Crippen LogP contribution in [0.3, 0.4) is 0 Å². The molecule has 2 aromatic heterocycles. The Morgan fingerprint density at radius 1 is 1.18 bits per heavy atom.